The second-order valence-corrected chi connectivity index (χ2v) is 4.84. The standard InChI is InChI=1S/C14H18O2/c1-14(16,8-9-15)13-7-6-11-4-2-3-5-12(11)10-13/h6-7,9-10,16H,2-5,8H2,1H3. The van der Waals surface area contributed by atoms with E-state index in [4.69, 9.17) is 0 Å². The maximum atomic E-state index is 10.5. The Hall–Kier alpha value is -1.15. The predicted octanol–water partition coefficient (Wildman–Crippen LogP) is 2.36. The summed E-state index contributed by atoms with van der Waals surface area (Å²) in [5.74, 6) is 0. The summed E-state index contributed by atoms with van der Waals surface area (Å²) in [6.07, 6.45) is 5.67. The molecule has 0 saturated carbocycles. The molecule has 0 aliphatic heterocycles. The zero-order valence-electron chi connectivity index (χ0n) is 9.70. The number of fused-ring (bicyclic) bond motifs is 1. The van der Waals surface area contributed by atoms with Gasteiger partial charge in [-0.2, -0.15) is 0 Å². The van der Waals surface area contributed by atoms with E-state index in [9.17, 15) is 9.90 Å². The first kappa shape index (κ1) is 11.3. The molecule has 1 aromatic carbocycles. The van der Waals surface area contributed by atoms with Gasteiger partial charge in [-0.25, -0.2) is 0 Å². The summed E-state index contributed by atoms with van der Waals surface area (Å²) >= 11 is 0. The smallest absolute Gasteiger partial charge is 0.123 e. The van der Waals surface area contributed by atoms with Gasteiger partial charge in [-0.1, -0.05) is 18.2 Å². The Morgan fingerprint density at radius 1 is 1.31 bits per heavy atom. The van der Waals surface area contributed by atoms with Crippen molar-refractivity contribution in [3.8, 4) is 0 Å². The number of rotatable bonds is 3. The van der Waals surface area contributed by atoms with Gasteiger partial charge >= 0.3 is 0 Å². The van der Waals surface area contributed by atoms with E-state index in [1.54, 1.807) is 6.92 Å². The quantitative estimate of drug-likeness (QED) is 0.791. The fraction of sp³-hybridized carbons (Fsp3) is 0.500. The number of aliphatic hydroxyl groups is 1. The highest BCUT2D eigenvalue weighted by Gasteiger charge is 2.23. The van der Waals surface area contributed by atoms with Crippen LogP contribution in [0.4, 0.5) is 0 Å². The molecule has 0 radical (unpaired) electrons. The molecule has 2 heteroatoms. The second-order valence-electron chi connectivity index (χ2n) is 4.84. The van der Waals surface area contributed by atoms with Crippen LogP contribution in [-0.4, -0.2) is 11.4 Å². The van der Waals surface area contributed by atoms with Gasteiger partial charge in [0.1, 0.15) is 6.29 Å². The largest absolute Gasteiger partial charge is 0.385 e. The van der Waals surface area contributed by atoms with Crippen molar-refractivity contribution in [1.82, 2.24) is 0 Å². The van der Waals surface area contributed by atoms with E-state index in [0.717, 1.165) is 24.7 Å². The fourth-order valence-electron chi connectivity index (χ4n) is 2.35. The van der Waals surface area contributed by atoms with Gasteiger partial charge in [0.25, 0.3) is 0 Å². The maximum Gasteiger partial charge on any atom is 0.123 e. The van der Waals surface area contributed by atoms with Crippen molar-refractivity contribution < 1.29 is 9.90 Å². The van der Waals surface area contributed by atoms with Gasteiger partial charge in [0.2, 0.25) is 0 Å². The number of benzene rings is 1. The average molecular weight is 218 g/mol. The second kappa shape index (κ2) is 4.38. The molecule has 0 fully saturated rings. The van der Waals surface area contributed by atoms with Crippen LogP contribution in [0.25, 0.3) is 0 Å². The van der Waals surface area contributed by atoms with Crippen molar-refractivity contribution in [2.75, 3.05) is 0 Å². The fourth-order valence-corrected chi connectivity index (χ4v) is 2.35. The number of aryl methyl sites for hydroxylation is 2. The van der Waals surface area contributed by atoms with Crippen molar-refractivity contribution in [3.05, 3.63) is 34.9 Å². The zero-order valence-corrected chi connectivity index (χ0v) is 9.70. The third-order valence-electron chi connectivity index (χ3n) is 3.45. The lowest BCUT2D eigenvalue weighted by Crippen LogP contribution is -2.22. The molecule has 0 bridgehead atoms. The van der Waals surface area contributed by atoms with Crippen LogP contribution in [0, 0.1) is 0 Å². The summed E-state index contributed by atoms with van der Waals surface area (Å²) in [7, 11) is 0. The van der Waals surface area contributed by atoms with E-state index >= 15 is 0 Å². The molecule has 0 heterocycles. The summed E-state index contributed by atoms with van der Waals surface area (Å²) in [6, 6.07) is 6.12. The maximum absolute atomic E-state index is 10.5. The van der Waals surface area contributed by atoms with E-state index in [1.807, 2.05) is 6.07 Å². The van der Waals surface area contributed by atoms with Crippen LogP contribution < -0.4 is 0 Å². The van der Waals surface area contributed by atoms with Gasteiger partial charge < -0.3 is 9.90 Å². The SMILES string of the molecule is CC(O)(CC=O)c1ccc2c(c1)CCCC2. The third-order valence-corrected chi connectivity index (χ3v) is 3.45. The monoisotopic (exact) mass is 218 g/mol. The summed E-state index contributed by atoms with van der Waals surface area (Å²) in [4.78, 5) is 10.5. The van der Waals surface area contributed by atoms with Gasteiger partial charge in [0.05, 0.1) is 5.60 Å². The molecule has 2 nitrogen and oxygen atoms in total. The normalized spacial score (nSPS) is 18.6. The van der Waals surface area contributed by atoms with E-state index in [1.165, 1.54) is 24.0 Å². The highest BCUT2D eigenvalue weighted by molar-refractivity contribution is 5.53. The summed E-state index contributed by atoms with van der Waals surface area (Å²) in [5, 5.41) is 10.2. The average Bonchev–Trinajstić information content (AvgIpc) is 2.28. The van der Waals surface area contributed by atoms with E-state index in [2.05, 4.69) is 12.1 Å². The summed E-state index contributed by atoms with van der Waals surface area (Å²) < 4.78 is 0. The minimum Gasteiger partial charge on any atom is -0.385 e. The molecular weight excluding hydrogens is 200 g/mol. The van der Waals surface area contributed by atoms with Gasteiger partial charge in [-0.15, -0.1) is 0 Å². The van der Waals surface area contributed by atoms with Crippen LogP contribution in [0.3, 0.4) is 0 Å². The van der Waals surface area contributed by atoms with Gasteiger partial charge in [0, 0.05) is 6.42 Å². The molecule has 1 atom stereocenters. The molecule has 1 aliphatic rings. The first-order chi connectivity index (χ1) is 7.63. The van der Waals surface area contributed by atoms with Crippen molar-refractivity contribution in [1.29, 1.82) is 0 Å². The van der Waals surface area contributed by atoms with Crippen LogP contribution in [-0.2, 0) is 23.2 Å². The Labute approximate surface area is 96.3 Å². The highest BCUT2D eigenvalue weighted by Crippen LogP contribution is 2.28. The Morgan fingerprint density at radius 2 is 2.00 bits per heavy atom. The zero-order chi connectivity index (χ0) is 11.6. The molecule has 1 N–H and O–H groups in total. The lowest BCUT2D eigenvalue weighted by Gasteiger charge is -2.24. The van der Waals surface area contributed by atoms with Crippen molar-refractivity contribution in [2.24, 2.45) is 0 Å². The molecule has 86 valence electrons. The highest BCUT2D eigenvalue weighted by atomic mass is 16.3. The molecule has 1 unspecified atom stereocenters. The van der Waals surface area contributed by atoms with Gasteiger partial charge in [0.15, 0.2) is 0 Å². The Kier molecular flexibility index (Phi) is 3.10. The van der Waals surface area contributed by atoms with E-state index in [-0.39, 0.29) is 6.42 Å². The van der Waals surface area contributed by atoms with E-state index in [0.29, 0.717) is 0 Å². The summed E-state index contributed by atoms with van der Waals surface area (Å²) in [5.41, 5.74) is 2.58. The number of carbonyl (C=O) groups excluding carboxylic acids is 1. The van der Waals surface area contributed by atoms with Crippen LogP contribution in [0.2, 0.25) is 0 Å². The topological polar surface area (TPSA) is 37.3 Å². The lowest BCUT2D eigenvalue weighted by molar-refractivity contribution is -0.112. The van der Waals surface area contributed by atoms with Gasteiger partial charge in [-0.05, 0) is 49.3 Å². The Bertz CT molecular complexity index is 394. The van der Waals surface area contributed by atoms with Crippen LogP contribution in [0.1, 0.15) is 42.9 Å². The van der Waals surface area contributed by atoms with Crippen molar-refractivity contribution >= 4 is 6.29 Å². The molecule has 0 spiro atoms. The van der Waals surface area contributed by atoms with E-state index < -0.39 is 5.60 Å². The molecular formula is C14H18O2. The molecule has 16 heavy (non-hydrogen) atoms. The van der Waals surface area contributed by atoms with Crippen molar-refractivity contribution in [2.45, 2.75) is 44.6 Å². The summed E-state index contributed by atoms with van der Waals surface area (Å²) in [6.45, 7) is 1.70. The molecule has 2 rings (SSSR count). The number of carbonyl (C=O) groups is 1. The first-order valence-electron chi connectivity index (χ1n) is 5.92. The molecule has 0 aromatic heterocycles. The molecule has 0 amide bonds. The number of hydrogen-bond donors (Lipinski definition) is 1. The van der Waals surface area contributed by atoms with Crippen molar-refractivity contribution in [3.63, 3.8) is 0 Å². The molecule has 1 aliphatic carbocycles. The number of hydrogen-bond acceptors (Lipinski definition) is 2. The van der Waals surface area contributed by atoms with Crippen LogP contribution >= 0.6 is 0 Å². The van der Waals surface area contributed by atoms with Gasteiger partial charge in [-0.3, -0.25) is 0 Å². The molecule has 0 saturated heterocycles. The predicted molar refractivity (Wildman–Crippen MR) is 63.3 cm³/mol. The number of aldehydes is 1. The van der Waals surface area contributed by atoms with Crippen LogP contribution in [0.5, 0.6) is 0 Å². The molecule has 1 aromatic rings. The van der Waals surface area contributed by atoms with Crippen LogP contribution in [0.15, 0.2) is 18.2 Å². The lowest BCUT2D eigenvalue weighted by atomic mass is 9.85. The first-order valence-corrected chi connectivity index (χ1v) is 5.92. The third kappa shape index (κ3) is 2.17. The minimum atomic E-state index is -1.02. The minimum absolute atomic E-state index is 0.159. The Balaban J connectivity index is 2.32. The Morgan fingerprint density at radius 3 is 2.69 bits per heavy atom.